The van der Waals surface area contributed by atoms with Gasteiger partial charge >= 0.3 is 0 Å². The number of hydrogen-bond acceptors (Lipinski definition) is 6. The Morgan fingerprint density at radius 1 is 1.12 bits per heavy atom. The number of sulfonamides is 1. The summed E-state index contributed by atoms with van der Waals surface area (Å²) in [6, 6.07) is 13.4. The molecule has 2 N–H and O–H groups in total. The standard InChI is InChI=1S/C24H31N3O5S/c1-25-33(29,30)19-14-20(22(32-3)21(15-19)31-2)23(28)26-24-12-7-10-18(11-13-24)27(24)16-17-8-5-4-6-9-17/h4-6,8-9,14-15,18,25H,7,10-13,16H2,1-3H3,(H,26,28). The summed E-state index contributed by atoms with van der Waals surface area (Å²) in [7, 11) is 0.394. The van der Waals surface area contributed by atoms with E-state index >= 15 is 0 Å². The van der Waals surface area contributed by atoms with Crippen LogP contribution in [0.25, 0.3) is 0 Å². The smallest absolute Gasteiger partial charge is 0.256 e. The fourth-order valence-corrected chi connectivity index (χ4v) is 5.94. The summed E-state index contributed by atoms with van der Waals surface area (Å²) in [5.41, 5.74) is 0.853. The minimum absolute atomic E-state index is 0.0561. The lowest BCUT2D eigenvalue weighted by atomic mass is 9.95. The lowest BCUT2D eigenvalue weighted by Gasteiger charge is -2.45. The number of benzene rings is 2. The van der Waals surface area contributed by atoms with E-state index in [0.717, 1.165) is 38.6 Å². The van der Waals surface area contributed by atoms with E-state index in [1.54, 1.807) is 0 Å². The Bertz CT molecular complexity index is 1120. The van der Waals surface area contributed by atoms with Crippen LogP contribution in [0.4, 0.5) is 0 Å². The molecule has 2 unspecified atom stereocenters. The average molecular weight is 474 g/mol. The summed E-state index contributed by atoms with van der Waals surface area (Å²) in [6.07, 6.45) is 4.85. The zero-order valence-corrected chi connectivity index (χ0v) is 20.1. The molecule has 4 rings (SSSR count). The summed E-state index contributed by atoms with van der Waals surface area (Å²) >= 11 is 0. The van der Waals surface area contributed by atoms with Gasteiger partial charge in [-0.25, -0.2) is 13.1 Å². The number of nitrogens with one attached hydrogen (secondary N) is 2. The van der Waals surface area contributed by atoms with Crippen molar-refractivity contribution >= 4 is 15.9 Å². The van der Waals surface area contributed by atoms with E-state index in [4.69, 9.17) is 9.47 Å². The van der Waals surface area contributed by atoms with Crippen LogP contribution in [0.2, 0.25) is 0 Å². The third kappa shape index (κ3) is 4.45. The van der Waals surface area contributed by atoms with Crippen LogP contribution >= 0.6 is 0 Å². The van der Waals surface area contributed by atoms with Crippen LogP contribution in [-0.4, -0.2) is 52.2 Å². The normalized spacial score (nSPS) is 22.7. The molecule has 2 fully saturated rings. The summed E-state index contributed by atoms with van der Waals surface area (Å²) in [5.74, 6) is 0.0193. The molecule has 178 valence electrons. The highest BCUT2D eigenvalue weighted by atomic mass is 32.2. The Morgan fingerprint density at radius 3 is 2.55 bits per heavy atom. The van der Waals surface area contributed by atoms with E-state index in [9.17, 15) is 13.2 Å². The zero-order chi connectivity index (χ0) is 23.6. The van der Waals surface area contributed by atoms with E-state index in [0.29, 0.717) is 6.04 Å². The third-order valence-electron chi connectivity index (χ3n) is 6.83. The molecule has 0 radical (unpaired) electrons. The summed E-state index contributed by atoms with van der Waals surface area (Å²) in [5, 5.41) is 3.27. The topological polar surface area (TPSA) is 97.0 Å². The molecule has 0 saturated carbocycles. The van der Waals surface area contributed by atoms with E-state index in [1.807, 2.05) is 18.2 Å². The maximum Gasteiger partial charge on any atom is 0.256 e. The van der Waals surface area contributed by atoms with E-state index in [1.165, 1.54) is 39.0 Å². The molecule has 0 aromatic heterocycles. The van der Waals surface area contributed by atoms with Crippen LogP contribution in [0.1, 0.15) is 48.0 Å². The molecule has 33 heavy (non-hydrogen) atoms. The molecule has 2 bridgehead atoms. The molecule has 2 aliphatic heterocycles. The van der Waals surface area contributed by atoms with Crippen molar-refractivity contribution in [3.8, 4) is 11.5 Å². The van der Waals surface area contributed by atoms with Crippen molar-refractivity contribution in [2.45, 2.75) is 55.2 Å². The number of hydrogen-bond donors (Lipinski definition) is 2. The molecular formula is C24H31N3O5S. The number of methoxy groups -OCH3 is 2. The lowest BCUT2D eigenvalue weighted by Crippen LogP contribution is -2.60. The molecule has 1 amide bonds. The number of fused-ring (bicyclic) bond motifs is 2. The molecule has 2 saturated heterocycles. The van der Waals surface area contributed by atoms with Gasteiger partial charge in [0, 0.05) is 18.7 Å². The van der Waals surface area contributed by atoms with Gasteiger partial charge in [-0.15, -0.1) is 0 Å². The first-order valence-corrected chi connectivity index (χ1v) is 12.6. The van der Waals surface area contributed by atoms with E-state index < -0.39 is 15.7 Å². The highest BCUT2D eigenvalue weighted by Crippen LogP contribution is 2.44. The van der Waals surface area contributed by atoms with Crippen molar-refractivity contribution in [3.63, 3.8) is 0 Å². The monoisotopic (exact) mass is 473 g/mol. The molecule has 0 spiro atoms. The van der Waals surface area contributed by atoms with Gasteiger partial charge in [0.2, 0.25) is 10.0 Å². The minimum atomic E-state index is -3.78. The number of ether oxygens (including phenoxy) is 2. The first-order chi connectivity index (χ1) is 15.8. The van der Waals surface area contributed by atoms with Crippen LogP contribution in [0.15, 0.2) is 47.4 Å². The van der Waals surface area contributed by atoms with Crippen LogP contribution in [0.3, 0.4) is 0 Å². The molecule has 2 aromatic rings. The highest BCUT2D eigenvalue weighted by molar-refractivity contribution is 7.89. The van der Waals surface area contributed by atoms with Crippen molar-refractivity contribution in [1.29, 1.82) is 0 Å². The predicted octanol–water partition coefficient (Wildman–Crippen LogP) is 2.89. The number of piperidine rings is 1. The van der Waals surface area contributed by atoms with E-state index in [2.05, 4.69) is 27.1 Å². The van der Waals surface area contributed by atoms with Gasteiger partial charge in [-0.1, -0.05) is 30.3 Å². The molecule has 9 heteroatoms. The van der Waals surface area contributed by atoms with Crippen molar-refractivity contribution in [3.05, 3.63) is 53.6 Å². The van der Waals surface area contributed by atoms with Gasteiger partial charge in [0.15, 0.2) is 11.5 Å². The summed E-state index contributed by atoms with van der Waals surface area (Å²) in [6.45, 7) is 0.750. The van der Waals surface area contributed by atoms with Crippen LogP contribution < -0.4 is 19.5 Å². The first kappa shape index (κ1) is 23.5. The molecule has 2 aliphatic rings. The number of nitrogens with zero attached hydrogens (tertiary/aromatic N) is 1. The fraction of sp³-hybridized carbons (Fsp3) is 0.458. The minimum Gasteiger partial charge on any atom is -0.493 e. The molecule has 2 atom stereocenters. The first-order valence-electron chi connectivity index (χ1n) is 11.2. The third-order valence-corrected chi connectivity index (χ3v) is 8.22. The van der Waals surface area contributed by atoms with Crippen molar-refractivity contribution in [1.82, 2.24) is 14.9 Å². The Balaban J connectivity index is 1.70. The number of carbonyl (C=O) groups is 1. The van der Waals surface area contributed by atoms with Gasteiger partial charge in [0.05, 0.1) is 30.3 Å². The molecule has 2 heterocycles. The Kier molecular flexibility index (Phi) is 6.65. The second kappa shape index (κ2) is 9.32. The van der Waals surface area contributed by atoms with Crippen LogP contribution in [0.5, 0.6) is 11.5 Å². The fourth-order valence-electron chi connectivity index (χ4n) is 5.17. The summed E-state index contributed by atoms with van der Waals surface area (Å²) in [4.78, 5) is 16.0. The van der Waals surface area contributed by atoms with Gasteiger partial charge < -0.3 is 14.8 Å². The van der Waals surface area contributed by atoms with Gasteiger partial charge in [-0.3, -0.25) is 9.69 Å². The van der Waals surface area contributed by atoms with E-state index in [-0.39, 0.29) is 27.9 Å². The molecule has 0 aliphatic carbocycles. The molecule has 8 nitrogen and oxygen atoms in total. The van der Waals surface area contributed by atoms with Gasteiger partial charge in [0.25, 0.3) is 5.91 Å². The predicted molar refractivity (Wildman–Crippen MR) is 125 cm³/mol. The maximum absolute atomic E-state index is 13.6. The van der Waals surface area contributed by atoms with Gasteiger partial charge in [-0.2, -0.15) is 0 Å². The largest absolute Gasteiger partial charge is 0.493 e. The average Bonchev–Trinajstić information content (AvgIpc) is 3.01. The number of amides is 1. The second-order valence-electron chi connectivity index (χ2n) is 8.60. The van der Waals surface area contributed by atoms with Crippen LogP contribution in [-0.2, 0) is 16.6 Å². The quantitative estimate of drug-likeness (QED) is 0.612. The Morgan fingerprint density at radius 2 is 1.88 bits per heavy atom. The molecular weight excluding hydrogens is 442 g/mol. The second-order valence-corrected chi connectivity index (χ2v) is 10.5. The highest BCUT2D eigenvalue weighted by Gasteiger charge is 2.49. The Labute approximate surface area is 195 Å². The number of rotatable bonds is 8. The van der Waals surface area contributed by atoms with Crippen molar-refractivity contribution < 1.29 is 22.7 Å². The molecule has 2 aromatic carbocycles. The zero-order valence-electron chi connectivity index (χ0n) is 19.3. The lowest BCUT2D eigenvalue weighted by molar-refractivity contribution is 0.0183. The van der Waals surface area contributed by atoms with Gasteiger partial charge in [0.1, 0.15) is 0 Å². The van der Waals surface area contributed by atoms with Crippen LogP contribution in [0, 0.1) is 0 Å². The van der Waals surface area contributed by atoms with Crippen molar-refractivity contribution in [2.75, 3.05) is 21.3 Å². The maximum atomic E-state index is 13.6. The summed E-state index contributed by atoms with van der Waals surface area (Å²) < 4.78 is 38.0. The SMILES string of the molecule is CNS(=O)(=O)c1cc(OC)c(OC)c(C(=O)NC23CCCC(CC2)N3Cc2ccccc2)c1. The Hall–Kier alpha value is -2.62. The number of carbonyl (C=O) groups excluding carboxylic acids is 1. The van der Waals surface area contributed by atoms with Gasteiger partial charge in [-0.05, 0) is 50.8 Å². The van der Waals surface area contributed by atoms with Crippen molar-refractivity contribution in [2.24, 2.45) is 0 Å².